The quantitative estimate of drug-likeness (QED) is 0.694. The molecule has 0 saturated heterocycles. The van der Waals surface area contributed by atoms with E-state index in [2.05, 4.69) is 19.2 Å². The first-order valence-corrected chi connectivity index (χ1v) is 10.6. The number of nitrogens with one attached hydrogen (secondary N) is 1. The number of aromatic nitrogens is 1. The summed E-state index contributed by atoms with van der Waals surface area (Å²) in [5.41, 5.74) is 1.02. The second-order valence-electron chi connectivity index (χ2n) is 8.31. The second-order valence-corrected chi connectivity index (χ2v) is 8.31. The van der Waals surface area contributed by atoms with Crippen LogP contribution < -0.4 is 15.6 Å². The maximum atomic E-state index is 13.3. The molecule has 0 aliphatic heterocycles. The molecule has 3 atom stereocenters. The third kappa shape index (κ3) is 3.72. The number of carbonyl (C=O) groups excluding carboxylic acids is 1. The van der Waals surface area contributed by atoms with Crippen molar-refractivity contribution in [2.24, 2.45) is 11.8 Å². The average molecular weight is 405 g/mol. The number of fused-ring (bicyclic) bond motifs is 1. The van der Waals surface area contributed by atoms with Gasteiger partial charge in [-0.2, -0.15) is 0 Å². The fourth-order valence-electron chi connectivity index (χ4n) is 4.46. The van der Waals surface area contributed by atoms with Crippen molar-refractivity contribution in [1.82, 2.24) is 9.88 Å². The Balaban J connectivity index is 1.80. The molecule has 156 valence electrons. The van der Waals surface area contributed by atoms with Crippen molar-refractivity contribution < 1.29 is 9.53 Å². The van der Waals surface area contributed by atoms with E-state index in [9.17, 15) is 9.59 Å². The van der Waals surface area contributed by atoms with Gasteiger partial charge in [0.05, 0.1) is 18.4 Å². The molecule has 5 heteroatoms. The molecule has 0 unspecified atom stereocenters. The normalized spacial score (nSPS) is 21.4. The lowest BCUT2D eigenvalue weighted by Gasteiger charge is -2.34. The molecule has 1 fully saturated rings. The lowest BCUT2D eigenvalue weighted by Crippen LogP contribution is -2.44. The number of pyridine rings is 1. The highest BCUT2D eigenvalue weighted by Crippen LogP contribution is 2.30. The van der Waals surface area contributed by atoms with E-state index < -0.39 is 0 Å². The van der Waals surface area contributed by atoms with Gasteiger partial charge >= 0.3 is 0 Å². The van der Waals surface area contributed by atoms with Crippen LogP contribution in [0, 0.1) is 11.8 Å². The van der Waals surface area contributed by atoms with E-state index in [-0.39, 0.29) is 17.5 Å². The van der Waals surface area contributed by atoms with Crippen LogP contribution in [0.1, 0.15) is 43.5 Å². The summed E-state index contributed by atoms with van der Waals surface area (Å²) in [6, 6.07) is 14.7. The molecule has 1 saturated carbocycles. The molecule has 0 spiro atoms. The molecule has 30 heavy (non-hydrogen) atoms. The number of hydrogen-bond acceptors (Lipinski definition) is 3. The molecule has 1 aromatic heterocycles. The number of ether oxygens (including phenoxy) is 1. The van der Waals surface area contributed by atoms with E-state index in [4.69, 9.17) is 4.74 Å². The predicted molar refractivity (Wildman–Crippen MR) is 120 cm³/mol. The number of hydrogen-bond donors (Lipinski definition) is 1. The average Bonchev–Trinajstić information content (AvgIpc) is 2.77. The maximum absolute atomic E-state index is 13.3. The predicted octanol–water partition coefficient (Wildman–Crippen LogP) is 4.55. The molecule has 5 nitrogen and oxygen atoms in total. The fraction of sp³-hybridized carbons (Fsp3) is 0.360. The molecular weight excluding hydrogens is 376 g/mol. The van der Waals surface area contributed by atoms with Crippen molar-refractivity contribution in [2.75, 3.05) is 7.11 Å². The van der Waals surface area contributed by atoms with Gasteiger partial charge in [-0.15, -0.1) is 0 Å². The zero-order valence-corrected chi connectivity index (χ0v) is 17.7. The van der Waals surface area contributed by atoms with Crippen LogP contribution in [0.15, 0.2) is 59.5 Å². The second kappa shape index (κ2) is 8.34. The van der Waals surface area contributed by atoms with Gasteiger partial charge in [0.2, 0.25) is 0 Å². The van der Waals surface area contributed by atoms with E-state index in [1.807, 2.05) is 36.4 Å². The van der Waals surface area contributed by atoms with Gasteiger partial charge in [0, 0.05) is 29.1 Å². The highest BCUT2D eigenvalue weighted by atomic mass is 16.5. The summed E-state index contributed by atoms with van der Waals surface area (Å²) >= 11 is 0. The Labute approximate surface area is 176 Å². The highest BCUT2D eigenvalue weighted by Gasteiger charge is 2.29. The number of amides is 1. The fourth-order valence-corrected chi connectivity index (χ4v) is 4.46. The van der Waals surface area contributed by atoms with Gasteiger partial charge in [0.1, 0.15) is 5.75 Å². The molecular formula is C25H28N2O3. The molecule has 4 rings (SSSR count). The van der Waals surface area contributed by atoms with Crippen molar-refractivity contribution in [3.05, 3.63) is 70.6 Å². The Morgan fingerprint density at radius 3 is 2.60 bits per heavy atom. The number of nitrogens with zero attached hydrogens (tertiary/aromatic N) is 1. The molecule has 1 heterocycles. The lowest BCUT2D eigenvalue weighted by molar-refractivity contribution is 0.0892. The molecule has 0 radical (unpaired) electrons. The summed E-state index contributed by atoms with van der Waals surface area (Å²) in [5, 5.41) is 4.45. The molecule has 1 amide bonds. The third-order valence-corrected chi connectivity index (χ3v) is 6.52. The summed E-state index contributed by atoms with van der Waals surface area (Å²) < 4.78 is 6.84. The minimum atomic E-state index is -0.157. The van der Waals surface area contributed by atoms with E-state index in [1.165, 1.54) is 11.0 Å². The van der Waals surface area contributed by atoms with Crippen molar-refractivity contribution in [1.29, 1.82) is 0 Å². The highest BCUT2D eigenvalue weighted by molar-refractivity contribution is 6.06. The summed E-state index contributed by atoms with van der Waals surface area (Å²) in [6.07, 6.45) is 4.98. The van der Waals surface area contributed by atoms with Gasteiger partial charge in [-0.25, -0.2) is 0 Å². The molecule has 1 N–H and O–H groups in total. The minimum absolute atomic E-state index is 0.131. The first-order valence-electron chi connectivity index (χ1n) is 10.6. The molecule has 0 bridgehead atoms. The zero-order chi connectivity index (χ0) is 21.3. The van der Waals surface area contributed by atoms with Gasteiger partial charge < -0.3 is 10.1 Å². The molecule has 1 aliphatic rings. The monoisotopic (exact) mass is 404 g/mol. The van der Waals surface area contributed by atoms with Crippen LogP contribution in [0.5, 0.6) is 5.75 Å². The van der Waals surface area contributed by atoms with Crippen LogP contribution in [0.3, 0.4) is 0 Å². The molecule has 3 aromatic rings. The number of carbonyl (C=O) groups is 1. The third-order valence-electron chi connectivity index (χ3n) is 6.52. The van der Waals surface area contributed by atoms with Gasteiger partial charge in [-0.1, -0.05) is 51.0 Å². The smallest absolute Gasteiger partial charge is 0.262 e. The largest absolute Gasteiger partial charge is 0.497 e. The van der Waals surface area contributed by atoms with Crippen LogP contribution in [0.25, 0.3) is 16.5 Å². The SMILES string of the molecule is COc1cccc(-n2cc(C(=O)N[C@@H]3CCC[C@H](C)[C@@H]3C)c3ccccc3c2=O)c1. The summed E-state index contributed by atoms with van der Waals surface area (Å²) in [7, 11) is 1.59. The minimum Gasteiger partial charge on any atom is -0.497 e. The van der Waals surface area contributed by atoms with E-state index in [0.717, 1.165) is 12.8 Å². The zero-order valence-electron chi connectivity index (χ0n) is 17.7. The summed E-state index contributed by atoms with van der Waals surface area (Å²) in [4.78, 5) is 26.5. The number of methoxy groups -OCH3 is 1. The van der Waals surface area contributed by atoms with Crippen LogP contribution in [0.4, 0.5) is 0 Å². The Morgan fingerprint density at radius 1 is 1.07 bits per heavy atom. The topological polar surface area (TPSA) is 60.3 Å². The van der Waals surface area contributed by atoms with Crippen LogP contribution in [0.2, 0.25) is 0 Å². The van der Waals surface area contributed by atoms with Gasteiger partial charge in [0.25, 0.3) is 11.5 Å². The lowest BCUT2D eigenvalue weighted by atomic mass is 9.78. The van der Waals surface area contributed by atoms with Gasteiger partial charge in [-0.05, 0) is 36.5 Å². The summed E-state index contributed by atoms with van der Waals surface area (Å²) in [6.45, 7) is 4.46. The van der Waals surface area contributed by atoms with Crippen LogP contribution in [-0.4, -0.2) is 23.6 Å². The Morgan fingerprint density at radius 2 is 1.83 bits per heavy atom. The summed E-state index contributed by atoms with van der Waals surface area (Å²) in [5.74, 6) is 1.54. The van der Waals surface area contributed by atoms with E-state index in [0.29, 0.717) is 39.6 Å². The molecule has 2 aromatic carbocycles. The van der Waals surface area contributed by atoms with E-state index >= 15 is 0 Å². The van der Waals surface area contributed by atoms with Crippen LogP contribution >= 0.6 is 0 Å². The number of rotatable bonds is 4. The van der Waals surface area contributed by atoms with Crippen molar-refractivity contribution >= 4 is 16.7 Å². The number of benzene rings is 2. The van der Waals surface area contributed by atoms with E-state index in [1.54, 1.807) is 25.4 Å². The Bertz CT molecular complexity index is 1130. The van der Waals surface area contributed by atoms with Gasteiger partial charge in [-0.3, -0.25) is 14.2 Å². The van der Waals surface area contributed by atoms with Gasteiger partial charge in [0.15, 0.2) is 0 Å². The standard InChI is InChI=1S/C25H28N2O3/c1-16-8-6-13-23(17(16)2)26-24(28)22-15-27(18-9-7-10-19(14-18)30-3)25(29)21-12-5-4-11-20(21)22/h4-5,7,9-12,14-17,23H,6,8,13H2,1-3H3,(H,26,28)/t16-,17-,23+/m0/s1. The van der Waals surface area contributed by atoms with Crippen molar-refractivity contribution in [2.45, 2.75) is 39.2 Å². The first kappa shape index (κ1) is 20.2. The Hall–Kier alpha value is -3.08. The maximum Gasteiger partial charge on any atom is 0.262 e. The van der Waals surface area contributed by atoms with Crippen molar-refractivity contribution in [3.63, 3.8) is 0 Å². The van der Waals surface area contributed by atoms with Crippen LogP contribution in [-0.2, 0) is 0 Å². The Kier molecular flexibility index (Phi) is 5.62. The molecule has 1 aliphatic carbocycles. The first-order chi connectivity index (χ1) is 14.5. The van der Waals surface area contributed by atoms with Crippen molar-refractivity contribution in [3.8, 4) is 11.4 Å².